The zero-order chi connectivity index (χ0) is 86.6. The number of esters is 2. The number of quaternary nitrogens is 1. The molecule has 2 aliphatic heterocycles. The summed E-state index contributed by atoms with van der Waals surface area (Å²) >= 11 is 0. The van der Waals surface area contributed by atoms with Gasteiger partial charge in [-0.05, 0) is 157 Å². The first-order valence-corrected chi connectivity index (χ1v) is 47.1. The molecular formula is C87H155ClN8O17Si2. The van der Waals surface area contributed by atoms with E-state index in [4.69, 9.17) is 27.8 Å². The molecule has 660 valence electrons. The SMILES string of the molecule is C.CC[C@H](C)[C@@H](NC(=O)OC(C)(C)C)[C@H](CC(=O)N(C)[C@H](C(=O)N[C@@H](CC(C)C)C(=O)N1CCC[C@H]1C(=O)OCc1ccccc1)C(C)C)O[Si](C)(C)C(C)(C)C.CC[C@H](C)[C@@H](NC(=O)OC(C)(C)C)[C@H](CC(=O)O)O[Si](C)(C)C(C)(C)C.C[NH2+][C@H](C(=O)N[C@@H](CC(C)C)C(=O)N1CCC[C@H]1C(=O)OCc1ccccc1)C(C)C.[Cl-]. The van der Waals surface area contributed by atoms with Gasteiger partial charge in [-0.1, -0.05) is 206 Å². The normalized spacial score (nSPS) is 17.3. The van der Waals surface area contributed by atoms with Gasteiger partial charge in [-0.3, -0.25) is 28.8 Å². The minimum Gasteiger partial charge on any atom is -1.00 e. The average Bonchev–Trinajstić information content (AvgIpc) is 1.70. The lowest BCUT2D eigenvalue weighted by Gasteiger charge is -2.43. The maximum absolute atomic E-state index is 14.4. The molecule has 0 aromatic heterocycles. The number of carbonyl (C=O) groups is 10. The zero-order valence-corrected chi connectivity index (χ0v) is 77.9. The fraction of sp³-hybridized carbons (Fsp3) is 0.747. The van der Waals surface area contributed by atoms with Crippen molar-refractivity contribution >= 4 is 76.3 Å². The second-order valence-corrected chi connectivity index (χ2v) is 47.0. The maximum atomic E-state index is 14.4. The highest BCUT2D eigenvalue weighted by molar-refractivity contribution is 6.74. The Labute approximate surface area is 700 Å². The van der Waals surface area contributed by atoms with Crippen molar-refractivity contribution in [3.63, 3.8) is 0 Å². The molecule has 2 aromatic rings. The van der Waals surface area contributed by atoms with Crippen LogP contribution in [0.4, 0.5) is 9.59 Å². The number of likely N-dealkylation sites (tertiary alicyclic amines) is 2. The number of nitrogens with zero attached hydrogens (tertiary/aromatic N) is 3. The summed E-state index contributed by atoms with van der Waals surface area (Å²) in [6.45, 7) is 56.8. The molecule has 0 unspecified atom stereocenters. The summed E-state index contributed by atoms with van der Waals surface area (Å²) < 4.78 is 35.5. The van der Waals surface area contributed by atoms with E-state index in [1.54, 1.807) is 53.5 Å². The van der Waals surface area contributed by atoms with Crippen LogP contribution in [0, 0.1) is 35.5 Å². The van der Waals surface area contributed by atoms with Crippen molar-refractivity contribution in [2.24, 2.45) is 35.5 Å². The molecule has 0 saturated carbocycles. The standard InChI is InChI=1S/C43H74N4O8Si.C24H37N3O4.C19H39NO5Si.CH4.ClH/c1-16-30(6)36(45-41(52)54-42(7,8)9)34(55-56(14,15)43(10,11)12)26-35(48)46(13)37(29(4)5)38(49)44-32(25-28(2)3)39(50)47-24-20-23-33(47)40(51)53-27-31-21-18-17-19-22-31;1-16(2)14-19(26-22(28)21(25-5)17(3)4)23(29)27-13-9-12-20(27)24(30)31-15-18-10-7-6-8-11-18;1-11-13(2)16(20-17(23)24-18(3,4)5)14(12-15(21)22)25-26(9,10)19(6,7)8;;/h17-19,21-22,28-30,32-34,36-37H,16,20,23-27H2,1-15H3,(H,44,49)(H,45,52);6-8,10-11,16-17,19-21,25H,9,12-15H2,1-5H3,(H,26,28);13-14,16H,11-12H2,1-10H3,(H,20,23)(H,21,22);1H4;1H/t30-,32-,33-,34-,36+,37-;19-,20-,21-;13-,14-,16+;;/m000../s1. The number of likely N-dealkylation sites (N-methyl/N-ethyl adjacent to an activating group) is 2. The van der Waals surface area contributed by atoms with Crippen LogP contribution in [-0.2, 0) is 79.4 Å². The number of aliphatic carboxylic acids is 1. The molecule has 12 atom stereocenters. The Morgan fingerprint density at radius 1 is 0.539 bits per heavy atom. The maximum Gasteiger partial charge on any atom is 0.407 e. The number of hydrogen-bond acceptors (Lipinski definition) is 16. The Morgan fingerprint density at radius 3 is 1.18 bits per heavy atom. The van der Waals surface area contributed by atoms with E-state index < -0.39 is 112 Å². The van der Waals surface area contributed by atoms with Crippen LogP contribution in [0.1, 0.15) is 249 Å². The molecule has 0 aliphatic carbocycles. The van der Waals surface area contributed by atoms with Crippen molar-refractivity contribution < 1.29 is 98.6 Å². The Morgan fingerprint density at radius 2 is 0.887 bits per heavy atom. The van der Waals surface area contributed by atoms with Gasteiger partial charge < -0.3 is 86.6 Å². The molecule has 0 bridgehead atoms. The summed E-state index contributed by atoms with van der Waals surface area (Å²) in [5, 5.41) is 22.9. The predicted molar refractivity (Wildman–Crippen MR) is 456 cm³/mol. The molecule has 2 heterocycles. The van der Waals surface area contributed by atoms with Crippen LogP contribution in [-0.4, -0.2) is 195 Å². The van der Waals surface area contributed by atoms with E-state index in [1.165, 1.54) is 9.80 Å². The monoisotopic (exact) mass is 1680 g/mol. The van der Waals surface area contributed by atoms with E-state index in [2.05, 4.69) is 89.0 Å². The van der Waals surface area contributed by atoms with E-state index in [1.807, 2.05) is 156 Å². The van der Waals surface area contributed by atoms with Gasteiger partial charge in [0.25, 0.3) is 5.91 Å². The number of carboxylic acid groups (broad SMARTS) is 1. The largest absolute Gasteiger partial charge is 1.00 e. The number of ether oxygens (including phenoxy) is 4. The summed E-state index contributed by atoms with van der Waals surface area (Å²) in [4.78, 5) is 136. The number of halogens is 1. The number of carbonyl (C=O) groups excluding carboxylic acids is 9. The Bertz CT molecular complexity index is 3320. The molecule has 2 saturated heterocycles. The summed E-state index contributed by atoms with van der Waals surface area (Å²) in [6, 6.07) is 13.8. The molecule has 25 nitrogen and oxygen atoms in total. The smallest absolute Gasteiger partial charge is 0.407 e. The number of rotatable bonds is 36. The van der Waals surface area contributed by atoms with Crippen molar-refractivity contribution in [1.82, 2.24) is 36.0 Å². The quantitative estimate of drug-likeness (QED) is 0.0210. The van der Waals surface area contributed by atoms with Crippen LogP contribution in [0.2, 0.25) is 36.3 Å². The third-order valence-corrected chi connectivity index (χ3v) is 30.7. The molecule has 2 aliphatic rings. The van der Waals surface area contributed by atoms with Crippen molar-refractivity contribution in [3.05, 3.63) is 71.8 Å². The van der Waals surface area contributed by atoms with E-state index in [9.17, 15) is 53.1 Å². The third-order valence-electron chi connectivity index (χ3n) is 21.7. The molecular weight excluding hydrogens is 1520 g/mol. The molecule has 115 heavy (non-hydrogen) atoms. The number of amides is 7. The van der Waals surface area contributed by atoms with Gasteiger partial charge in [-0.25, -0.2) is 19.2 Å². The van der Waals surface area contributed by atoms with Gasteiger partial charge in [-0.15, -0.1) is 0 Å². The number of carboxylic acids is 1. The first-order chi connectivity index (χ1) is 52.0. The molecule has 0 radical (unpaired) electrons. The summed E-state index contributed by atoms with van der Waals surface area (Å²) in [5.41, 5.74) is 0.427. The van der Waals surface area contributed by atoms with Crippen molar-refractivity contribution in [2.45, 2.75) is 359 Å². The van der Waals surface area contributed by atoms with Crippen LogP contribution in [0.3, 0.4) is 0 Å². The zero-order valence-electron chi connectivity index (χ0n) is 75.2. The highest BCUT2D eigenvalue weighted by Gasteiger charge is 2.47. The lowest BCUT2D eigenvalue weighted by Crippen LogP contribution is -3.00. The highest BCUT2D eigenvalue weighted by Crippen LogP contribution is 2.41. The first-order valence-electron chi connectivity index (χ1n) is 41.3. The van der Waals surface area contributed by atoms with Crippen LogP contribution < -0.4 is 39.0 Å². The summed E-state index contributed by atoms with van der Waals surface area (Å²) in [5.74, 6) is -3.13. The van der Waals surface area contributed by atoms with Gasteiger partial charge in [0.1, 0.15) is 54.6 Å². The van der Waals surface area contributed by atoms with Crippen LogP contribution in [0.5, 0.6) is 0 Å². The second-order valence-electron chi connectivity index (χ2n) is 37.5. The number of nitrogens with one attached hydrogen (secondary N) is 4. The van der Waals surface area contributed by atoms with Crippen LogP contribution >= 0.6 is 0 Å². The fourth-order valence-corrected chi connectivity index (χ4v) is 15.8. The van der Waals surface area contributed by atoms with Gasteiger partial charge in [0.2, 0.25) is 23.6 Å². The lowest BCUT2D eigenvalue weighted by atomic mass is 9.92. The van der Waals surface area contributed by atoms with Crippen molar-refractivity contribution in [3.8, 4) is 0 Å². The number of nitrogens with two attached hydrogens (primary N) is 1. The third kappa shape index (κ3) is 37.0. The lowest BCUT2D eigenvalue weighted by molar-refractivity contribution is -0.656. The molecule has 4 rings (SSSR count). The van der Waals surface area contributed by atoms with Gasteiger partial charge in [-0.2, -0.15) is 0 Å². The van der Waals surface area contributed by atoms with E-state index in [-0.39, 0.29) is 127 Å². The molecule has 7 amide bonds. The molecule has 28 heteroatoms. The van der Waals surface area contributed by atoms with Gasteiger partial charge in [0.05, 0.1) is 44.2 Å². The van der Waals surface area contributed by atoms with E-state index >= 15 is 0 Å². The second kappa shape index (κ2) is 49.0. The Kier molecular flexibility index (Phi) is 46.2. The Balaban J connectivity index is 0.00000186. The summed E-state index contributed by atoms with van der Waals surface area (Å²) in [6.07, 6.45) is 2.16. The topological polar surface area (TPSA) is 321 Å². The van der Waals surface area contributed by atoms with Gasteiger partial charge in [0, 0.05) is 26.1 Å². The van der Waals surface area contributed by atoms with E-state index in [0.29, 0.717) is 51.6 Å². The molecule has 7 N–H and O–H groups in total. The Hall–Kier alpha value is -6.66. The van der Waals surface area contributed by atoms with E-state index in [0.717, 1.165) is 24.0 Å². The molecule has 2 fully saturated rings. The fourth-order valence-electron chi connectivity index (χ4n) is 13.1. The average molecular weight is 1680 g/mol. The predicted octanol–water partition coefficient (Wildman–Crippen LogP) is 11.4. The van der Waals surface area contributed by atoms with Gasteiger partial charge >= 0.3 is 30.1 Å². The van der Waals surface area contributed by atoms with Crippen molar-refractivity contribution in [2.75, 3.05) is 27.2 Å². The van der Waals surface area contributed by atoms with Crippen LogP contribution in [0.25, 0.3) is 0 Å². The van der Waals surface area contributed by atoms with Gasteiger partial charge in [0.15, 0.2) is 22.7 Å². The van der Waals surface area contributed by atoms with Crippen LogP contribution in [0.15, 0.2) is 60.7 Å². The van der Waals surface area contributed by atoms with Crippen molar-refractivity contribution in [1.29, 1.82) is 0 Å². The highest BCUT2D eigenvalue weighted by atomic mass is 35.5. The minimum absolute atomic E-state index is 0. The minimum atomic E-state index is -2.48. The number of alkyl carbamates (subject to hydrolysis) is 2. The molecule has 2 aromatic carbocycles. The first kappa shape index (κ1) is 108. The summed E-state index contributed by atoms with van der Waals surface area (Å²) in [7, 11) is -1.22. The number of hydrogen-bond donors (Lipinski definition) is 6. The number of benzene rings is 2. The molecule has 0 spiro atoms.